The van der Waals surface area contributed by atoms with Gasteiger partial charge in [-0.25, -0.2) is 0 Å². The number of nitrogens with zero attached hydrogens (tertiary/aromatic N) is 2. The lowest BCUT2D eigenvalue weighted by Gasteiger charge is -2.20. The predicted molar refractivity (Wildman–Crippen MR) is 210 cm³/mol. The van der Waals surface area contributed by atoms with Gasteiger partial charge in [0, 0.05) is 44.9 Å². The van der Waals surface area contributed by atoms with E-state index in [1.165, 1.54) is 71.9 Å². The van der Waals surface area contributed by atoms with Crippen molar-refractivity contribution in [3.8, 4) is 28.3 Å². The monoisotopic (exact) mass is 654 g/mol. The number of benzene rings is 6. The molecule has 3 unspecified atom stereocenters. The van der Waals surface area contributed by atoms with Crippen molar-refractivity contribution >= 4 is 38.8 Å². The summed E-state index contributed by atoms with van der Waals surface area (Å²) >= 11 is 0. The van der Waals surface area contributed by atoms with Crippen LogP contribution in [0.5, 0.6) is 5.75 Å². The number of hydrogen-bond acceptors (Lipinski definition) is 1. The molecule has 0 saturated carbocycles. The number of allylic oxidation sites excluding steroid dienone is 3. The third-order valence-corrected chi connectivity index (χ3v) is 11.2. The molecule has 11 rings (SSSR count). The predicted octanol–water partition coefficient (Wildman–Crippen LogP) is 11.7. The van der Waals surface area contributed by atoms with Crippen molar-refractivity contribution < 1.29 is 4.74 Å². The molecule has 2 aromatic heterocycles. The van der Waals surface area contributed by atoms with Crippen molar-refractivity contribution in [3.05, 3.63) is 192 Å². The van der Waals surface area contributed by atoms with E-state index in [1.807, 2.05) is 0 Å². The zero-order valence-corrected chi connectivity index (χ0v) is 28.0. The third-order valence-electron chi connectivity index (χ3n) is 11.2. The van der Waals surface area contributed by atoms with Gasteiger partial charge >= 0.3 is 0 Å². The van der Waals surface area contributed by atoms with E-state index < -0.39 is 0 Å². The van der Waals surface area contributed by atoms with Gasteiger partial charge in [-0.3, -0.25) is 0 Å². The van der Waals surface area contributed by atoms with Crippen LogP contribution >= 0.6 is 0 Å². The Morgan fingerprint density at radius 1 is 0.549 bits per heavy atom. The highest BCUT2D eigenvalue weighted by Crippen LogP contribution is 2.47. The number of ether oxygens (including phenoxy) is 1. The van der Waals surface area contributed by atoms with Crippen LogP contribution in [0.25, 0.3) is 61.3 Å². The molecule has 0 N–H and O–H groups in total. The van der Waals surface area contributed by atoms with E-state index in [0.717, 1.165) is 17.9 Å². The molecule has 242 valence electrons. The zero-order chi connectivity index (χ0) is 33.5. The van der Waals surface area contributed by atoms with Crippen LogP contribution in [0.15, 0.2) is 170 Å². The highest BCUT2D eigenvalue weighted by Gasteiger charge is 2.34. The van der Waals surface area contributed by atoms with E-state index in [9.17, 15) is 0 Å². The standard InChI is InChI=1S/C48H34N2O/c1-2-12-31(13-3-1)32-14-10-15-35(28-32)49-42-20-7-4-16-36(42)40-29-33(24-26-44(40)49)34-25-27-45-41(30-34)37-17-5-8-21-43(37)50(45)46-22-11-19-39-38-18-6-9-23-47(38)51-48(39)46/h1-28,30,33,38,47H,29H2. The summed E-state index contributed by atoms with van der Waals surface area (Å²) in [6, 6.07) is 51.0. The Hall–Kier alpha value is -6.32. The normalized spacial score (nSPS) is 18.6. The smallest absolute Gasteiger partial charge is 0.148 e. The summed E-state index contributed by atoms with van der Waals surface area (Å²) < 4.78 is 11.5. The Kier molecular flexibility index (Phi) is 6.20. The molecular weight excluding hydrogens is 621 g/mol. The summed E-state index contributed by atoms with van der Waals surface area (Å²) in [4.78, 5) is 0. The second-order valence-electron chi connectivity index (χ2n) is 14.0. The topological polar surface area (TPSA) is 19.1 Å². The molecule has 3 nitrogen and oxygen atoms in total. The first-order valence-corrected chi connectivity index (χ1v) is 17.9. The van der Waals surface area contributed by atoms with Crippen LogP contribution < -0.4 is 4.74 Å². The van der Waals surface area contributed by atoms with Crippen LogP contribution in [-0.4, -0.2) is 15.2 Å². The van der Waals surface area contributed by atoms with E-state index in [-0.39, 0.29) is 17.9 Å². The van der Waals surface area contributed by atoms with Gasteiger partial charge in [0.1, 0.15) is 11.9 Å². The van der Waals surface area contributed by atoms with Crippen LogP contribution in [0.4, 0.5) is 0 Å². The fraction of sp³-hybridized carbons (Fsp3) is 0.0833. The van der Waals surface area contributed by atoms with Gasteiger partial charge in [-0.15, -0.1) is 0 Å². The molecule has 2 aliphatic carbocycles. The molecule has 3 heterocycles. The van der Waals surface area contributed by atoms with Gasteiger partial charge in [-0.1, -0.05) is 121 Å². The Balaban J connectivity index is 1.02. The third kappa shape index (κ3) is 4.31. The van der Waals surface area contributed by atoms with Crippen LogP contribution in [0, 0.1) is 0 Å². The summed E-state index contributed by atoms with van der Waals surface area (Å²) in [5.74, 6) is 1.51. The Morgan fingerprint density at radius 2 is 1.29 bits per heavy atom. The molecule has 3 aliphatic rings. The summed E-state index contributed by atoms with van der Waals surface area (Å²) in [6.07, 6.45) is 14.4. The van der Waals surface area contributed by atoms with Crippen LogP contribution in [-0.2, 0) is 6.42 Å². The van der Waals surface area contributed by atoms with Gasteiger partial charge in [0.25, 0.3) is 0 Å². The van der Waals surface area contributed by atoms with E-state index in [1.54, 1.807) is 0 Å². The minimum absolute atomic E-state index is 0.0487. The SMILES string of the molecule is C1=CC2Oc3c(cccc3-n3c4ccccc4c4cc(C5C=Cc6c(c7ccccc7n6-c6cccc(-c7ccccc7)c6)C5)ccc43)C2C=C1. The maximum Gasteiger partial charge on any atom is 0.148 e. The molecule has 0 amide bonds. The van der Waals surface area contributed by atoms with Crippen molar-refractivity contribution in [3.63, 3.8) is 0 Å². The van der Waals surface area contributed by atoms with E-state index in [4.69, 9.17) is 4.74 Å². The first kappa shape index (κ1) is 28.5. The number of fused-ring (bicyclic) bond motifs is 9. The number of para-hydroxylation sites is 3. The Bertz CT molecular complexity index is 2770. The highest BCUT2D eigenvalue weighted by atomic mass is 16.5. The maximum absolute atomic E-state index is 6.64. The first-order valence-electron chi connectivity index (χ1n) is 17.9. The maximum atomic E-state index is 6.64. The molecule has 3 atom stereocenters. The average Bonchev–Trinajstić information content (AvgIpc) is 3.86. The van der Waals surface area contributed by atoms with Crippen molar-refractivity contribution in [2.24, 2.45) is 0 Å². The van der Waals surface area contributed by atoms with Crippen molar-refractivity contribution in [2.45, 2.75) is 24.4 Å². The van der Waals surface area contributed by atoms with Gasteiger partial charge in [0.05, 0.1) is 22.2 Å². The van der Waals surface area contributed by atoms with E-state index in [0.29, 0.717) is 0 Å². The van der Waals surface area contributed by atoms with Gasteiger partial charge in [-0.2, -0.15) is 0 Å². The molecule has 0 fully saturated rings. The molecule has 6 aromatic carbocycles. The molecule has 3 heteroatoms. The second-order valence-corrected chi connectivity index (χ2v) is 14.0. The van der Waals surface area contributed by atoms with Crippen LogP contribution in [0.3, 0.4) is 0 Å². The minimum atomic E-state index is 0.0487. The fourth-order valence-corrected chi connectivity index (χ4v) is 8.88. The van der Waals surface area contributed by atoms with Crippen LogP contribution in [0.2, 0.25) is 0 Å². The number of hydrogen-bond donors (Lipinski definition) is 0. The summed E-state index contributed by atoms with van der Waals surface area (Å²) in [5.41, 5.74) is 13.7. The second kappa shape index (κ2) is 11.1. The fourth-order valence-electron chi connectivity index (χ4n) is 8.88. The molecule has 0 bridgehead atoms. The summed E-state index contributed by atoms with van der Waals surface area (Å²) in [6.45, 7) is 0. The van der Waals surface area contributed by atoms with Gasteiger partial charge in [0.2, 0.25) is 0 Å². The lowest BCUT2D eigenvalue weighted by molar-refractivity contribution is 0.268. The zero-order valence-electron chi connectivity index (χ0n) is 28.0. The molecule has 0 radical (unpaired) electrons. The Morgan fingerprint density at radius 3 is 2.20 bits per heavy atom. The van der Waals surface area contributed by atoms with E-state index in [2.05, 4.69) is 185 Å². The van der Waals surface area contributed by atoms with Crippen molar-refractivity contribution in [1.29, 1.82) is 0 Å². The van der Waals surface area contributed by atoms with Crippen molar-refractivity contribution in [1.82, 2.24) is 9.13 Å². The lowest BCUT2D eigenvalue weighted by Crippen LogP contribution is -2.15. The molecule has 0 spiro atoms. The molecule has 0 saturated heterocycles. The molecule has 1 aliphatic heterocycles. The number of rotatable bonds is 4. The molecule has 8 aromatic rings. The molecular formula is C48H34N2O. The van der Waals surface area contributed by atoms with E-state index >= 15 is 0 Å². The largest absolute Gasteiger partial charge is 0.483 e. The van der Waals surface area contributed by atoms with Gasteiger partial charge < -0.3 is 13.9 Å². The minimum Gasteiger partial charge on any atom is -0.483 e. The summed E-state index contributed by atoms with van der Waals surface area (Å²) in [7, 11) is 0. The molecule has 51 heavy (non-hydrogen) atoms. The van der Waals surface area contributed by atoms with Crippen molar-refractivity contribution in [2.75, 3.05) is 0 Å². The Labute approximate surface area is 296 Å². The first-order chi connectivity index (χ1) is 25.3. The van der Waals surface area contributed by atoms with Crippen LogP contribution in [0.1, 0.15) is 34.2 Å². The average molecular weight is 655 g/mol. The van der Waals surface area contributed by atoms with Gasteiger partial charge in [0.15, 0.2) is 0 Å². The van der Waals surface area contributed by atoms with Gasteiger partial charge in [-0.05, 0) is 83.3 Å². The number of aromatic nitrogens is 2. The summed E-state index contributed by atoms with van der Waals surface area (Å²) in [5, 5.41) is 3.86. The lowest BCUT2D eigenvalue weighted by atomic mass is 9.86. The quantitative estimate of drug-likeness (QED) is 0.185. The highest BCUT2D eigenvalue weighted by molar-refractivity contribution is 6.10.